The highest BCUT2D eigenvalue weighted by Gasteiger charge is 2.01. The molecular formula is C8H11N3O. The Bertz CT molecular complexity index is 279. The molecule has 0 amide bonds. The Hall–Kier alpha value is -1.45. The molecule has 64 valence electrons. The summed E-state index contributed by atoms with van der Waals surface area (Å²) in [4.78, 5) is 20.6. The van der Waals surface area contributed by atoms with Gasteiger partial charge in [0.15, 0.2) is 5.78 Å². The van der Waals surface area contributed by atoms with Gasteiger partial charge in [-0.2, -0.15) is 0 Å². The molecule has 0 saturated heterocycles. The van der Waals surface area contributed by atoms with E-state index in [1.807, 2.05) is 19.0 Å². The Morgan fingerprint density at radius 2 is 2.00 bits per heavy atom. The molecule has 0 fully saturated rings. The van der Waals surface area contributed by atoms with Crippen molar-refractivity contribution in [3.05, 3.63) is 18.1 Å². The fourth-order valence-electron chi connectivity index (χ4n) is 0.734. The average molecular weight is 165 g/mol. The summed E-state index contributed by atoms with van der Waals surface area (Å²) < 4.78 is 0. The number of nitrogens with zero attached hydrogens (tertiary/aromatic N) is 3. The Kier molecular flexibility index (Phi) is 2.38. The van der Waals surface area contributed by atoms with E-state index in [2.05, 4.69) is 9.97 Å². The van der Waals surface area contributed by atoms with Crippen LogP contribution in [-0.2, 0) is 0 Å². The molecule has 0 aromatic carbocycles. The summed E-state index contributed by atoms with van der Waals surface area (Å²) in [6.45, 7) is 1.47. The lowest BCUT2D eigenvalue weighted by atomic mass is 10.3. The van der Waals surface area contributed by atoms with Gasteiger partial charge in [0.1, 0.15) is 11.5 Å². The topological polar surface area (TPSA) is 46.1 Å². The molecule has 0 aliphatic rings. The van der Waals surface area contributed by atoms with Crippen LogP contribution in [0.1, 0.15) is 17.4 Å². The minimum absolute atomic E-state index is 0.0622. The van der Waals surface area contributed by atoms with Crippen LogP contribution >= 0.6 is 0 Å². The van der Waals surface area contributed by atoms with Gasteiger partial charge >= 0.3 is 0 Å². The number of aromatic nitrogens is 2. The Labute approximate surface area is 71.3 Å². The highest BCUT2D eigenvalue weighted by Crippen LogP contribution is 2.03. The van der Waals surface area contributed by atoms with E-state index in [0.717, 1.165) is 5.82 Å². The number of rotatable bonds is 2. The summed E-state index contributed by atoms with van der Waals surface area (Å²) in [6, 6.07) is 0. The minimum atomic E-state index is -0.0622. The van der Waals surface area contributed by atoms with E-state index in [1.165, 1.54) is 13.1 Å². The molecule has 1 heterocycles. The van der Waals surface area contributed by atoms with E-state index < -0.39 is 0 Å². The van der Waals surface area contributed by atoms with Crippen LogP contribution in [-0.4, -0.2) is 29.8 Å². The van der Waals surface area contributed by atoms with E-state index in [1.54, 1.807) is 6.20 Å². The van der Waals surface area contributed by atoms with E-state index in [0.29, 0.717) is 5.69 Å². The maximum absolute atomic E-state index is 10.8. The standard InChI is InChI=1S/C8H11N3O/c1-6(12)7-4-10-8(5-9-7)11(2)3/h4-5H,1-3H3. The molecule has 4 heteroatoms. The quantitative estimate of drug-likeness (QED) is 0.606. The molecule has 4 nitrogen and oxygen atoms in total. The van der Waals surface area contributed by atoms with Crippen molar-refractivity contribution in [1.82, 2.24) is 9.97 Å². The van der Waals surface area contributed by atoms with Crippen molar-refractivity contribution >= 4 is 11.6 Å². The van der Waals surface area contributed by atoms with Crippen LogP contribution in [0.5, 0.6) is 0 Å². The van der Waals surface area contributed by atoms with Gasteiger partial charge in [0.2, 0.25) is 0 Å². The normalized spacial score (nSPS) is 9.58. The van der Waals surface area contributed by atoms with Gasteiger partial charge in [0.05, 0.1) is 12.4 Å². The molecule has 0 aliphatic heterocycles. The molecule has 0 atom stereocenters. The van der Waals surface area contributed by atoms with Gasteiger partial charge in [0, 0.05) is 21.0 Å². The number of anilines is 1. The Balaban J connectivity index is 2.93. The maximum atomic E-state index is 10.8. The van der Waals surface area contributed by atoms with Gasteiger partial charge in [-0.25, -0.2) is 9.97 Å². The lowest BCUT2D eigenvalue weighted by Gasteiger charge is -2.09. The van der Waals surface area contributed by atoms with Gasteiger partial charge in [0.25, 0.3) is 0 Å². The van der Waals surface area contributed by atoms with Gasteiger partial charge in [-0.15, -0.1) is 0 Å². The number of ketones is 1. The second-order valence-electron chi connectivity index (χ2n) is 2.71. The summed E-state index contributed by atoms with van der Waals surface area (Å²) in [5.74, 6) is 0.688. The van der Waals surface area contributed by atoms with Crippen molar-refractivity contribution in [1.29, 1.82) is 0 Å². The minimum Gasteiger partial charge on any atom is -0.361 e. The number of carbonyl (C=O) groups excluding carboxylic acids is 1. The maximum Gasteiger partial charge on any atom is 0.179 e. The molecule has 0 saturated carbocycles. The van der Waals surface area contributed by atoms with Gasteiger partial charge in [-0.05, 0) is 0 Å². The van der Waals surface area contributed by atoms with Crippen molar-refractivity contribution in [2.24, 2.45) is 0 Å². The first-order valence-electron chi connectivity index (χ1n) is 3.61. The molecule has 1 rings (SSSR count). The molecule has 0 spiro atoms. The largest absolute Gasteiger partial charge is 0.361 e. The summed E-state index contributed by atoms with van der Waals surface area (Å²) in [7, 11) is 3.74. The zero-order chi connectivity index (χ0) is 9.14. The lowest BCUT2D eigenvalue weighted by Crippen LogP contribution is -2.11. The van der Waals surface area contributed by atoms with Crippen LogP contribution in [0.15, 0.2) is 12.4 Å². The number of Topliss-reactive ketones (excluding diaryl/α,β-unsaturated/α-hetero) is 1. The summed E-state index contributed by atoms with van der Waals surface area (Å²) >= 11 is 0. The van der Waals surface area contributed by atoms with Crippen molar-refractivity contribution in [3.63, 3.8) is 0 Å². The van der Waals surface area contributed by atoms with Crippen LogP contribution < -0.4 is 4.90 Å². The average Bonchev–Trinajstić information content (AvgIpc) is 2.04. The fourth-order valence-corrected chi connectivity index (χ4v) is 0.734. The van der Waals surface area contributed by atoms with Crippen LogP contribution in [0, 0.1) is 0 Å². The molecule has 12 heavy (non-hydrogen) atoms. The first-order chi connectivity index (χ1) is 5.61. The number of carbonyl (C=O) groups is 1. The molecule has 0 aliphatic carbocycles. The second-order valence-corrected chi connectivity index (χ2v) is 2.71. The Morgan fingerprint density at radius 3 is 2.33 bits per heavy atom. The first-order valence-corrected chi connectivity index (χ1v) is 3.61. The molecule has 0 unspecified atom stereocenters. The van der Waals surface area contributed by atoms with E-state index in [-0.39, 0.29) is 5.78 Å². The van der Waals surface area contributed by atoms with Gasteiger partial charge in [-0.1, -0.05) is 0 Å². The predicted octanol–water partition coefficient (Wildman–Crippen LogP) is 0.745. The highest BCUT2D eigenvalue weighted by atomic mass is 16.1. The third-order valence-electron chi connectivity index (χ3n) is 1.46. The summed E-state index contributed by atoms with van der Waals surface area (Å²) in [6.07, 6.45) is 3.06. The molecule has 1 aromatic rings. The third kappa shape index (κ3) is 1.78. The van der Waals surface area contributed by atoms with Crippen LogP contribution in [0.2, 0.25) is 0 Å². The molecule has 1 aromatic heterocycles. The monoisotopic (exact) mass is 165 g/mol. The third-order valence-corrected chi connectivity index (χ3v) is 1.46. The SMILES string of the molecule is CC(=O)c1cnc(N(C)C)cn1. The predicted molar refractivity (Wildman–Crippen MR) is 46.4 cm³/mol. The summed E-state index contributed by atoms with van der Waals surface area (Å²) in [5.41, 5.74) is 0.403. The lowest BCUT2D eigenvalue weighted by molar-refractivity contribution is 0.101. The number of hydrogen-bond donors (Lipinski definition) is 0. The highest BCUT2D eigenvalue weighted by molar-refractivity contribution is 5.91. The number of hydrogen-bond acceptors (Lipinski definition) is 4. The van der Waals surface area contributed by atoms with Gasteiger partial charge in [-0.3, -0.25) is 4.79 Å². The summed E-state index contributed by atoms with van der Waals surface area (Å²) in [5, 5.41) is 0. The van der Waals surface area contributed by atoms with Crippen LogP contribution in [0.25, 0.3) is 0 Å². The fraction of sp³-hybridized carbons (Fsp3) is 0.375. The van der Waals surface area contributed by atoms with Gasteiger partial charge < -0.3 is 4.90 Å². The molecule has 0 bridgehead atoms. The zero-order valence-electron chi connectivity index (χ0n) is 7.40. The zero-order valence-corrected chi connectivity index (χ0v) is 7.40. The van der Waals surface area contributed by atoms with Crippen LogP contribution in [0.4, 0.5) is 5.82 Å². The smallest absolute Gasteiger partial charge is 0.179 e. The van der Waals surface area contributed by atoms with Crippen molar-refractivity contribution in [2.45, 2.75) is 6.92 Å². The Morgan fingerprint density at radius 1 is 1.33 bits per heavy atom. The van der Waals surface area contributed by atoms with Crippen molar-refractivity contribution < 1.29 is 4.79 Å². The van der Waals surface area contributed by atoms with Crippen molar-refractivity contribution in [2.75, 3.05) is 19.0 Å². The molecule has 0 radical (unpaired) electrons. The molecular weight excluding hydrogens is 154 g/mol. The van der Waals surface area contributed by atoms with E-state index in [9.17, 15) is 4.79 Å². The second kappa shape index (κ2) is 3.30. The van der Waals surface area contributed by atoms with E-state index in [4.69, 9.17) is 0 Å². The van der Waals surface area contributed by atoms with Crippen molar-refractivity contribution in [3.8, 4) is 0 Å². The van der Waals surface area contributed by atoms with E-state index >= 15 is 0 Å². The molecule has 0 N–H and O–H groups in total. The van der Waals surface area contributed by atoms with Crippen LogP contribution in [0.3, 0.4) is 0 Å². The first kappa shape index (κ1) is 8.64.